The van der Waals surface area contributed by atoms with Gasteiger partial charge in [0.1, 0.15) is 12.4 Å². The summed E-state index contributed by atoms with van der Waals surface area (Å²) in [5.41, 5.74) is 4.89. The van der Waals surface area contributed by atoms with E-state index in [1.807, 2.05) is 49.4 Å². The van der Waals surface area contributed by atoms with Crippen LogP contribution in [0, 0.1) is 6.92 Å². The van der Waals surface area contributed by atoms with Gasteiger partial charge in [-0.3, -0.25) is 4.79 Å². The van der Waals surface area contributed by atoms with Gasteiger partial charge in [0.25, 0.3) is 5.91 Å². The molecule has 1 amide bonds. The minimum atomic E-state index is -0.228. The van der Waals surface area contributed by atoms with E-state index in [2.05, 4.69) is 17.1 Å². The molecule has 0 aliphatic carbocycles. The van der Waals surface area contributed by atoms with E-state index in [9.17, 15) is 4.79 Å². The number of nitrogens with one attached hydrogen (secondary N) is 1. The number of carbonyl (C=O) groups excluding carboxylic acids is 1. The molecule has 22 heavy (non-hydrogen) atoms. The van der Waals surface area contributed by atoms with Gasteiger partial charge in [-0.25, -0.2) is 5.43 Å². The summed E-state index contributed by atoms with van der Waals surface area (Å²) < 4.78 is 5.44. The molecule has 4 heteroatoms. The molecule has 0 radical (unpaired) electrons. The number of ether oxygens (including phenoxy) is 1. The molecule has 2 rings (SSSR count). The van der Waals surface area contributed by atoms with E-state index in [0.717, 1.165) is 16.9 Å². The number of aryl methyl sites for hydroxylation is 1. The number of nitrogens with zero attached hydrogens (tertiary/aromatic N) is 1. The predicted octanol–water partition coefficient (Wildman–Crippen LogP) is 3.32. The molecule has 0 aliphatic rings. The summed E-state index contributed by atoms with van der Waals surface area (Å²) in [6, 6.07) is 14.8. The lowest BCUT2D eigenvalue weighted by Gasteiger charge is -2.04. The van der Waals surface area contributed by atoms with Gasteiger partial charge in [0.05, 0.1) is 6.21 Å². The Labute approximate surface area is 130 Å². The number of benzene rings is 2. The first kappa shape index (κ1) is 15.5. The largest absolute Gasteiger partial charge is 0.490 e. The second-order valence-electron chi connectivity index (χ2n) is 4.69. The lowest BCUT2D eigenvalue weighted by atomic mass is 10.1. The van der Waals surface area contributed by atoms with Crippen molar-refractivity contribution in [3.63, 3.8) is 0 Å². The average Bonchev–Trinajstić information content (AvgIpc) is 2.53. The van der Waals surface area contributed by atoms with Crippen LogP contribution in [-0.4, -0.2) is 18.7 Å². The number of hydrogen-bond acceptors (Lipinski definition) is 3. The van der Waals surface area contributed by atoms with Crippen LogP contribution in [0.5, 0.6) is 5.75 Å². The predicted molar refractivity (Wildman–Crippen MR) is 88.4 cm³/mol. The highest BCUT2D eigenvalue weighted by Gasteiger charge is 2.06. The summed E-state index contributed by atoms with van der Waals surface area (Å²) in [4.78, 5) is 12.0. The van der Waals surface area contributed by atoms with E-state index in [1.54, 1.807) is 18.4 Å². The van der Waals surface area contributed by atoms with Crippen molar-refractivity contribution in [3.05, 3.63) is 77.9 Å². The van der Waals surface area contributed by atoms with Crippen LogP contribution in [0.2, 0.25) is 0 Å². The van der Waals surface area contributed by atoms with Gasteiger partial charge in [-0.15, -0.1) is 0 Å². The zero-order valence-electron chi connectivity index (χ0n) is 12.5. The highest BCUT2D eigenvalue weighted by Crippen LogP contribution is 2.12. The fourth-order valence-electron chi connectivity index (χ4n) is 1.89. The average molecular weight is 294 g/mol. The first-order chi connectivity index (χ1) is 10.7. The van der Waals surface area contributed by atoms with Crippen molar-refractivity contribution in [2.75, 3.05) is 6.61 Å². The number of rotatable bonds is 6. The third kappa shape index (κ3) is 4.31. The third-order valence-electron chi connectivity index (χ3n) is 3.00. The minimum Gasteiger partial charge on any atom is -0.490 e. The lowest BCUT2D eigenvalue weighted by Crippen LogP contribution is -2.18. The molecule has 0 atom stereocenters. The first-order valence-electron chi connectivity index (χ1n) is 6.93. The summed E-state index contributed by atoms with van der Waals surface area (Å²) in [6.07, 6.45) is 3.26. The van der Waals surface area contributed by atoms with Crippen LogP contribution in [-0.2, 0) is 0 Å². The molecule has 0 bridgehead atoms. The molecule has 4 nitrogen and oxygen atoms in total. The second kappa shape index (κ2) is 7.78. The van der Waals surface area contributed by atoms with Crippen LogP contribution >= 0.6 is 0 Å². The van der Waals surface area contributed by atoms with Gasteiger partial charge in [0.2, 0.25) is 0 Å². The molecule has 1 N–H and O–H groups in total. The molecule has 2 aromatic carbocycles. The molecule has 2 aromatic rings. The van der Waals surface area contributed by atoms with E-state index in [4.69, 9.17) is 4.74 Å². The van der Waals surface area contributed by atoms with Gasteiger partial charge < -0.3 is 4.74 Å². The van der Waals surface area contributed by atoms with Gasteiger partial charge >= 0.3 is 0 Å². The van der Waals surface area contributed by atoms with Gasteiger partial charge in [0.15, 0.2) is 0 Å². The Hall–Kier alpha value is -2.88. The number of hydrogen-bond donors (Lipinski definition) is 1. The summed E-state index contributed by atoms with van der Waals surface area (Å²) >= 11 is 0. The molecule has 0 unspecified atom stereocenters. The zero-order chi connectivity index (χ0) is 15.8. The van der Waals surface area contributed by atoms with Crippen LogP contribution in [0.1, 0.15) is 21.5 Å². The quantitative estimate of drug-likeness (QED) is 0.505. The molecule has 0 fully saturated rings. The highest BCUT2D eigenvalue weighted by molar-refractivity contribution is 5.96. The molecule has 112 valence electrons. The Morgan fingerprint density at radius 2 is 2.09 bits per heavy atom. The molecule has 0 saturated carbocycles. The van der Waals surface area contributed by atoms with Crippen LogP contribution in [0.25, 0.3) is 0 Å². The SMILES string of the molecule is C=CCOc1cccc(/C=N/NC(=O)c2ccccc2C)c1. The van der Waals surface area contributed by atoms with Crippen LogP contribution in [0.4, 0.5) is 0 Å². The standard InChI is InChI=1S/C18H18N2O2/c1-3-11-22-16-9-6-8-15(12-16)13-19-20-18(21)17-10-5-4-7-14(17)2/h3-10,12-13H,1,11H2,2H3,(H,20,21)/b19-13+. The van der Waals surface area contributed by atoms with Crippen LogP contribution < -0.4 is 10.2 Å². The second-order valence-corrected chi connectivity index (χ2v) is 4.69. The van der Waals surface area contributed by atoms with Crippen molar-refractivity contribution in [1.82, 2.24) is 5.43 Å². The fourth-order valence-corrected chi connectivity index (χ4v) is 1.89. The lowest BCUT2D eigenvalue weighted by molar-refractivity contribution is 0.0954. The summed E-state index contributed by atoms with van der Waals surface area (Å²) in [6.45, 7) is 5.94. The van der Waals surface area contributed by atoms with Crippen molar-refractivity contribution in [2.45, 2.75) is 6.92 Å². The van der Waals surface area contributed by atoms with Crippen molar-refractivity contribution in [2.24, 2.45) is 5.10 Å². The van der Waals surface area contributed by atoms with E-state index < -0.39 is 0 Å². The number of carbonyl (C=O) groups is 1. The Bertz CT molecular complexity index is 693. The zero-order valence-corrected chi connectivity index (χ0v) is 12.5. The highest BCUT2D eigenvalue weighted by atomic mass is 16.5. The topological polar surface area (TPSA) is 50.7 Å². The molecular weight excluding hydrogens is 276 g/mol. The summed E-state index contributed by atoms with van der Waals surface area (Å²) in [7, 11) is 0. The summed E-state index contributed by atoms with van der Waals surface area (Å²) in [5.74, 6) is 0.502. The molecule has 0 saturated heterocycles. The Kier molecular flexibility index (Phi) is 5.49. The molecule has 0 spiro atoms. The molecule has 0 aromatic heterocycles. The van der Waals surface area contributed by atoms with E-state index in [1.165, 1.54) is 0 Å². The third-order valence-corrected chi connectivity index (χ3v) is 3.00. The van der Waals surface area contributed by atoms with Gasteiger partial charge in [0, 0.05) is 5.56 Å². The minimum absolute atomic E-state index is 0.228. The monoisotopic (exact) mass is 294 g/mol. The Morgan fingerprint density at radius 1 is 1.27 bits per heavy atom. The van der Waals surface area contributed by atoms with Crippen molar-refractivity contribution in [3.8, 4) is 5.75 Å². The van der Waals surface area contributed by atoms with Crippen molar-refractivity contribution >= 4 is 12.1 Å². The molecular formula is C18H18N2O2. The maximum Gasteiger partial charge on any atom is 0.271 e. The Morgan fingerprint density at radius 3 is 2.86 bits per heavy atom. The Balaban J connectivity index is 1.99. The maximum atomic E-state index is 12.0. The molecule has 0 heterocycles. The van der Waals surface area contributed by atoms with Crippen LogP contribution in [0.15, 0.2) is 66.3 Å². The molecule has 0 aliphatic heterocycles. The summed E-state index contributed by atoms with van der Waals surface area (Å²) in [5, 5.41) is 3.98. The van der Waals surface area contributed by atoms with E-state index in [0.29, 0.717) is 12.2 Å². The number of hydrazone groups is 1. The van der Waals surface area contributed by atoms with Crippen molar-refractivity contribution in [1.29, 1.82) is 0 Å². The van der Waals surface area contributed by atoms with Gasteiger partial charge in [-0.2, -0.15) is 5.10 Å². The van der Waals surface area contributed by atoms with Gasteiger partial charge in [-0.1, -0.05) is 43.0 Å². The first-order valence-corrected chi connectivity index (χ1v) is 6.93. The smallest absolute Gasteiger partial charge is 0.271 e. The van der Waals surface area contributed by atoms with E-state index in [-0.39, 0.29) is 5.91 Å². The fraction of sp³-hybridized carbons (Fsp3) is 0.111. The van der Waals surface area contributed by atoms with Gasteiger partial charge in [-0.05, 0) is 36.2 Å². The number of amides is 1. The van der Waals surface area contributed by atoms with E-state index >= 15 is 0 Å². The normalized spacial score (nSPS) is 10.4. The maximum absolute atomic E-state index is 12.0. The van der Waals surface area contributed by atoms with Crippen molar-refractivity contribution < 1.29 is 9.53 Å². The van der Waals surface area contributed by atoms with Crippen LogP contribution in [0.3, 0.4) is 0 Å².